The van der Waals surface area contributed by atoms with Crippen LogP contribution < -0.4 is 0 Å². The van der Waals surface area contributed by atoms with Crippen molar-refractivity contribution >= 4 is 0 Å². The summed E-state index contributed by atoms with van der Waals surface area (Å²) in [5, 5.41) is 7.08. The van der Waals surface area contributed by atoms with E-state index in [0.29, 0.717) is 12.0 Å². The monoisotopic (exact) mass is 302 g/mol. The number of aryl methyl sites for hydroxylation is 1. The normalized spacial score (nSPS) is 23.3. The average molecular weight is 302 g/mol. The highest BCUT2D eigenvalue weighted by atomic mass is 15.2. The molecular formula is C16H26N6. The van der Waals surface area contributed by atoms with Crippen molar-refractivity contribution in [3.05, 3.63) is 36.2 Å². The second kappa shape index (κ2) is 6.62. The van der Waals surface area contributed by atoms with Gasteiger partial charge in [-0.15, -0.1) is 0 Å². The van der Waals surface area contributed by atoms with Crippen LogP contribution in [0.4, 0.5) is 0 Å². The van der Waals surface area contributed by atoms with Gasteiger partial charge in [0.25, 0.3) is 0 Å². The Morgan fingerprint density at radius 3 is 2.95 bits per heavy atom. The van der Waals surface area contributed by atoms with Gasteiger partial charge >= 0.3 is 0 Å². The van der Waals surface area contributed by atoms with Crippen molar-refractivity contribution in [1.29, 1.82) is 0 Å². The fourth-order valence-electron chi connectivity index (χ4n) is 3.70. The molecular weight excluding hydrogens is 276 g/mol. The molecule has 2 atom stereocenters. The maximum absolute atomic E-state index is 4.32. The van der Waals surface area contributed by atoms with Gasteiger partial charge in [0, 0.05) is 38.2 Å². The van der Waals surface area contributed by atoms with Crippen molar-refractivity contribution in [2.45, 2.75) is 25.4 Å². The quantitative estimate of drug-likeness (QED) is 0.912. The van der Waals surface area contributed by atoms with Crippen LogP contribution in [0.3, 0.4) is 0 Å². The summed E-state index contributed by atoms with van der Waals surface area (Å²) in [4.78, 5) is 9.19. The fourth-order valence-corrected chi connectivity index (χ4v) is 3.70. The number of nitrogens with zero attached hydrogens (tertiary/aromatic N) is 5. The van der Waals surface area contributed by atoms with Crippen molar-refractivity contribution < 1.29 is 0 Å². The molecule has 0 aliphatic carbocycles. The number of likely N-dealkylation sites (tertiary alicyclic amines) is 1. The van der Waals surface area contributed by atoms with Crippen LogP contribution in [0.25, 0.3) is 0 Å². The highest BCUT2D eigenvalue weighted by molar-refractivity contribution is 5.09. The Morgan fingerprint density at radius 2 is 2.27 bits per heavy atom. The number of aromatic amines is 1. The second-order valence-corrected chi connectivity index (χ2v) is 6.54. The molecule has 0 unspecified atom stereocenters. The molecule has 22 heavy (non-hydrogen) atoms. The van der Waals surface area contributed by atoms with Gasteiger partial charge in [0.15, 0.2) is 0 Å². The Morgan fingerprint density at radius 1 is 1.41 bits per heavy atom. The zero-order chi connectivity index (χ0) is 15.5. The summed E-state index contributed by atoms with van der Waals surface area (Å²) in [6.45, 7) is 3.16. The smallest absolute Gasteiger partial charge is 0.0946 e. The first-order chi connectivity index (χ1) is 10.6. The predicted molar refractivity (Wildman–Crippen MR) is 86.2 cm³/mol. The molecule has 3 rings (SSSR count). The lowest BCUT2D eigenvalue weighted by atomic mass is 9.87. The number of imidazole rings is 1. The van der Waals surface area contributed by atoms with E-state index in [4.69, 9.17) is 0 Å². The molecule has 0 radical (unpaired) electrons. The maximum atomic E-state index is 4.32. The molecule has 6 nitrogen and oxygen atoms in total. The van der Waals surface area contributed by atoms with E-state index in [0.717, 1.165) is 19.6 Å². The SMILES string of the molecule is CN(Cc1ccn[nH]1)C[C@@H]1CCCN(C)[C@H]1c1cncn1C. The molecule has 2 aromatic heterocycles. The van der Waals surface area contributed by atoms with E-state index in [2.05, 4.69) is 50.7 Å². The molecule has 1 aliphatic heterocycles. The molecule has 1 N–H and O–H groups in total. The van der Waals surface area contributed by atoms with E-state index in [1.54, 1.807) is 0 Å². The minimum absolute atomic E-state index is 0.450. The van der Waals surface area contributed by atoms with E-state index < -0.39 is 0 Å². The summed E-state index contributed by atoms with van der Waals surface area (Å²) in [6.07, 6.45) is 8.29. The van der Waals surface area contributed by atoms with E-state index in [1.165, 1.54) is 24.2 Å². The van der Waals surface area contributed by atoms with Crippen LogP contribution in [-0.2, 0) is 13.6 Å². The first-order valence-electron chi connectivity index (χ1n) is 7.98. The van der Waals surface area contributed by atoms with Crippen LogP contribution in [-0.4, -0.2) is 56.7 Å². The molecule has 0 spiro atoms. The number of nitrogens with one attached hydrogen (secondary N) is 1. The Kier molecular flexibility index (Phi) is 4.59. The summed E-state index contributed by atoms with van der Waals surface area (Å²) < 4.78 is 2.16. The average Bonchev–Trinajstić information content (AvgIpc) is 3.11. The summed E-state index contributed by atoms with van der Waals surface area (Å²) in [5.74, 6) is 0.627. The van der Waals surface area contributed by atoms with Gasteiger partial charge in [-0.3, -0.25) is 10.00 Å². The van der Waals surface area contributed by atoms with Crippen LogP contribution in [0.2, 0.25) is 0 Å². The summed E-state index contributed by atoms with van der Waals surface area (Å²) >= 11 is 0. The van der Waals surface area contributed by atoms with Crippen molar-refractivity contribution in [3.8, 4) is 0 Å². The molecule has 0 amide bonds. The van der Waals surface area contributed by atoms with E-state index in [-0.39, 0.29) is 0 Å². The van der Waals surface area contributed by atoms with Crippen LogP contribution >= 0.6 is 0 Å². The minimum Gasteiger partial charge on any atom is -0.336 e. The van der Waals surface area contributed by atoms with E-state index >= 15 is 0 Å². The van der Waals surface area contributed by atoms with Gasteiger partial charge in [-0.2, -0.15) is 5.10 Å². The molecule has 120 valence electrons. The van der Waals surface area contributed by atoms with Crippen molar-refractivity contribution in [2.24, 2.45) is 13.0 Å². The predicted octanol–water partition coefficient (Wildman–Crippen LogP) is 1.66. The lowest BCUT2D eigenvalue weighted by Crippen LogP contribution is -2.41. The molecule has 0 saturated carbocycles. The molecule has 2 aromatic rings. The van der Waals surface area contributed by atoms with E-state index in [9.17, 15) is 0 Å². The molecule has 6 heteroatoms. The van der Waals surface area contributed by atoms with Crippen LogP contribution in [0.1, 0.15) is 30.3 Å². The number of rotatable bonds is 5. The molecule has 1 saturated heterocycles. The zero-order valence-corrected chi connectivity index (χ0v) is 13.7. The molecule has 0 aromatic carbocycles. The first-order valence-corrected chi connectivity index (χ1v) is 7.98. The number of hydrogen-bond acceptors (Lipinski definition) is 4. The highest BCUT2D eigenvalue weighted by Gasteiger charge is 2.32. The Bertz CT molecular complexity index is 575. The first kappa shape index (κ1) is 15.2. The highest BCUT2D eigenvalue weighted by Crippen LogP contribution is 2.35. The summed E-state index contributed by atoms with van der Waals surface area (Å²) in [5.41, 5.74) is 2.49. The number of aromatic nitrogens is 4. The van der Waals surface area contributed by atoms with Gasteiger partial charge in [0.1, 0.15) is 0 Å². The van der Waals surface area contributed by atoms with Crippen molar-refractivity contribution in [2.75, 3.05) is 27.2 Å². The third kappa shape index (κ3) is 3.23. The Hall–Kier alpha value is -1.66. The van der Waals surface area contributed by atoms with Crippen LogP contribution in [0.5, 0.6) is 0 Å². The minimum atomic E-state index is 0.450. The largest absolute Gasteiger partial charge is 0.336 e. The molecule has 1 fully saturated rings. The number of hydrogen-bond donors (Lipinski definition) is 1. The summed E-state index contributed by atoms with van der Waals surface area (Å²) in [7, 11) is 6.52. The van der Waals surface area contributed by atoms with Crippen molar-refractivity contribution in [3.63, 3.8) is 0 Å². The third-order valence-electron chi connectivity index (χ3n) is 4.71. The van der Waals surface area contributed by atoms with Gasteiger partial charge in [0.05, 0.1) is 18.1 Å². The van der Waals surface area contributed by atoms with Gasteiger partial charge in [-0.05, 0) is 45.5 Å². The molecule has 3 heterocycles. The molecule has 1 aliphatic rings. The second-order valence-electron chi connectivity index (χ2n) is 6.54. The Balaban J connectivity index is 1.71. The number of H-pyrrole nitrogens is 1. The van der Waals surface area contributed by atoms with Gasteiger partial charge in [-0.1, -0.05) is 0 Å². The fraction of sp³-hybridized carbons (Fsp3) is 0.625. The van der Waals surface area contributed by atoms with E-state index in [1.807, 2.05) is 24.8 Å². The van der Waals surface area contributed by atoms with Crippen molar-refractivity contribution in [1.82, 2.24) is 29.5 Å². The van der Waals surface area contributed by atoms with Gasteiger partial charge in [-0.25, -0.2) is 4.98 Å². The summed E-state index contributed by atoms with van der Waals surface area (Å²) in [6, 6.07) is 2.49. The standard InChI is InChI=1S/C16H26N6/c1-20(11-14-6-7-18-19-14)10-13-5-4-8-21(2)16(13)15-9-17-12-22(15)3/h6-7,9,12-13,16H,4-5,8,10-11H2,1-3H3,(H,18,19)/t13-,16+/m0/s1. The molecule has 0 bridgehead atoms. The zero-order valence-electron chi connectivity index (χ0n) is 13.7. The lowest BCUT2D eigenvalue weighted by Gasteiger charge is -2.40. The lowest BCUT2D eigenvalue weighted by molar-refractivity contribution is 0.0877. The third-order valence-corrected chi connectivity index (χ3v) is 4.71. The van der Waals surface area contributed by atoms with Gasteiger partial charge in [0.2, 0.25) is 0 Å². The van der Waals surface area contributed by atoms with Crippen LogP contribution in [0, 0.1) is 5.92 Å². The number of piperidine rings is 1. The van der Waals surface area contributed by atoms with Gasteiger partial charge < -0.3 is 9.47 Å². The van der Waals surface area contributed by atoms with Crippen LogP contribution in [0.15, 0.2) is 24.8 Å². The maximum Gasteiger partial charge on any atom is 0.0946 e. The topological polar surface area (TPSA) is 53.0 Å². The Labute approximate surface area is 132 Å².